The second-order valence-corrected chi connectivity index (χ2v) is 5.75. The Bertz CT molecular complexity index is 908. The largest absolute Gasteiger partial charge is 0.265 e. The minimum Gasteiger partial charge on any atom is -0.265 e. The Balaban J connectivity index is 2.06. The summed E-state index contributed by atoms with van der Waals surface area (Å²) in [5, 5.41) is 6.86. The first-order valence-electron chi connectivity index (χ1n) is 6.62. The zero-order valence-corrected chi connectivity index (χ0v) is 12.2. The summed E-state index contributed by atoms with van der Waals surface area (Å²) in [6.07, 6.45) is 7.32. The molecule has 4 heterocycles. The average molecular weight is 292 g/mol. The summed E-state index contributed by atoms with van der Waals surface area (Å²) >= 11 is 1.71. The van der Waals surface area contributed by atoms with E-state index in [0.29, 0.717) is 0 Å². The van der Waals surface area contributed by atoms with Crippen LogP contribution in [0, 0.1) is 6.92 Å². The van der Waals surface area contributed by atoms with Crippen molar-refractivity contribution < 1.29 is 0 Å². The second-order valence-electron chi connectivity index (χ2n) is 4.84. The normalized spacial score (nSPS) is 11.1. The summed E-state index contributed by atoms with van der Waals surface area (Å²) in [5.41, 5.74) is 5.23. The highest BCUT2D eigenvalue weighted by Crippen LogP contribution is 2.36. The van der Waals surface area contributed by atoms with Crippen LogP contribution in [0.3, 0.4) is 0 Å². The van der Waals surface area contributed by atoms with E-state index in [1.807, 2.05) is 28.9 Å². The molecule has 0 saturated carbocycles. The van der Waals surface area contributed by atoms with E-state index < -0.39 is 0 Å². The Kier molecular flexibility index (Phi) is 2.79. The zero-order valence-electron chi connectivity index (χ0n) is 11.4. The molecule has 4 rings (SSSR count). The zero-order chi connectivity index (χ0) is 14.2. The molecule has 0 saturated heterocycles. The quantitative estimate of drug-likeness (QED) is 0.564. The molecule has 0 aromatic carbocycles. The van der Waals surface area contributed by atoms with E-state index in [9.17, 15) is 0 Å². The lowest BCUT2D eigenvalue weighted by molar-refractivity contribution is 0.944. The van der Waals surface area contributed by atoms with Gasteiger partial charge >= 0.3 is 0 Å². The fourth-order valence-corrected chi connectivity index (χ4v) is 3.29. The third kappa shape index (κ3) is 2.02. The number of hydrogen-bond donors (Lipinski definition) is 0. The van der Waals surface area contributed by atoms with E-state index in [2.05, 4.69) is 28.3 Å². The molecule has 0 radical (unpaired) electrons. The molecular formula is C16H12N4S. The summed E-state index contributed by atoms with van der Waals surface area (Å²) in [5.74, 6) is 0. The highest BCUT2D eigenvalue weighted by atomic mass is 32.1. The number of thiophene rings is 1. The maximum atomic E-state index is 4.72. The van der Waals surface area contributed by atoms with E-state index >= 15 is 0 Å². The fraction of sp³-hybridized carbons (Fsp3) is 0.0625. The van der Waals surface area contributed by atoms with Crippen LogP contribution in [0.15, 0.2) is 54.4 Å². The predicted molar refractivity (Wildman–Crippen MR) is 84.3 cm³/mol. The van der Waals surface area contributed by atoms with Crippen LogP contribution in [0.4, 0.5) is 0 Å². The Morgan fingerprint density at radius 1 is 1.14 bits per heavy atom. The molecule has 0 aliphatic carbocycles. The Labute approximate surface area is 125 Å². The Hall–Kier alpha value is -2.53. The molecule has 102 valence electrons. The molecule has 21 heavy (non-hydrogen) atoms. The van der Waals surface area contributed by atoms with Crippen molar-refractivity contribution in [2.45, 2.75) is 6.92 Å². The molecule has 0 spiro atoms. The van der Waals surface area contributed by atoms with Crippen molar-refractivity contribution in [3.05, 3.63) is 60.0 Å². The second kappa shape index (κ2) is 4.79. The Morgan fingerprint density at radius 2 is 2.00 bits per heavy atom. The number of hydrogen-bond acceptors (Lipinski definition) is 4. The lowest BCUT2D eigenvalue weighted by atomic mass is 10.1. The standard InChI is InChI=1S/C16H12N4S/c1-11-9-13(21-10-11)15-14(12-3-6-17-7-4-12)16-18-5-2-8-20(16)19-15/h2-10H,1H3. The summed E-state index contributed by atoms with van der Waals surface area (Å²) in [4.78, 5) is 9.75. The first kappa shape index (κ1) is 12.2. The van der Waals surface area contributed by atoms with Gasteiger partial charge in [0.1, 0.15) is 5.69 Å². The predicted octanol–water partition coefficient (Wildman–Crippen LogP) is 3.83. The third-order valence-corrected chi connectivity index (χ3v) is 4.38. The van der Waals surface area contributed by atoms with E-state index in [4.69, 9.17) is 5.10 Å². The molecule has 0 fully saturated rings. The minimum atomic E-state index is 0.866. The van der Waals surface area contributed by atoms with Gasteiger partial charge in [-0.15, -0.1) is 11.3 Å². The molecule has 4 aromatic heterocycles. The molecule has 0 bridgehead atoms. The maximum Gasteiger partial charge on any atom is 0.163 e. The van der Waals surface area contributed by atoms with Gasteiger partial charge in [0.15, 0.2) is 5.65 Å². The summed E-state index contributed by atoms with van der Waals surface area (Å²) in [6.45, 7) is 2.10. The molecule has 0 amide bonds. The van der Waals surface area contributed by atoms with E-state index in [-0.39, 0.29) is 0 Å². The summed E-state index contributed by atoms with van der Waals surface area (Å²) in [7, 11) is 0. The highest BCUT2D eigenvalue weighted by molar-refractivity contribution is 7.13. The van der Waals surface area contributed by atoms with Crippen molar-refractivity contribution in [1.29, 1.82) is 0 Å². The molecule has 4 aromatic rings. The monoisotopic (exact) mass is 292 g/mol. The molecule has 0 N–H and O–H groups in total. The smallest absolute Gasteiger partial charge is 0.163 e. The van der Waals surface area contributed by atoms with Crippen molar-refractivity contribution in [3.8, 4) is 21.7 Å². The molecule has 0 aliphatic heterocycles. The van der Waals surface area contributed by atoms with Gasteiger partial charge in [-0.3, -0.25) is 4.98 Å². The van der Waals surface area contributed by atoms with Gasteiger partial charge in [0.2, 0.25) is 0 Å². The molecule has 4 nitrogen and oxygen atoms in total. The number of rotatable bonds is 2. The van der Waals surface area contributed by atoms with Crippen LogP contribution in [0.25, 0.3) is 27.3 Å². The van der Waals surface area contributed by atoms with Crippen LogP contribution in [0.5, 0.6) is 0 Å². The van der Waals surface area contributed by atoms with E-state index in [0.717, 1.165) is 27.3 Å². The van der Waals surface area contributed by atoms with Crippen molar-refractivity contribution in [3.63, 3.8) is 0 Å². The van der Waals surface area contributed by atoms with Gasteiger partial charge in [-0.25, -0.2) is 9.50 Å². The van der Waals surface area contributed by atoms with E-state index in [1.165, 1.54) is 5.56 Å². The maximum absolute atomic E-state index is 4.72. The van der Waals surface area contributed by atoms with Gasteiger partial charge < -0.3 is 0 Å². The lowest BCUT2D eigenvalue weighted by Crippen LogP contribution is -1.87. The number of pyridine rings is 1. The first-order valence-corrected chi connectivity index (χ1v) is 7.50. The van der Waals surface area contributed by atoms with Gasteiger partial charge in [0, 0.05) is 24.8 Å². The van der Waals surface area contributed by atoms with Crippen LogP contribution < -0.4 is 0 Å². The van der Waals surface area contributed by atoms with Crippen molar-refractivity contribution in [1.82, 2.24) is 19.6 Å². The van der Waals surface area contributed by atoms with Crippen molar-refractivity contribution in [2.75, 3.05) is 0 Å². The van der Waals surface area contributed by atoms with Crippen LogP contribution in [-0.2, 0) is 0 Å². The molecular weight excluding hydrogens is 280 g/mol. The minimum absolute atomic E-state index is 0.866. The Morgan fingerprint density at radius 3 is 2.76 bits per heavy atom. The summed E-state index contributed by atoms with van der Waals surface area (Å²) < 4.78 is 1.83. The van der Waals surface area contributed by atoms with Crippen LogP contribution >= 0.6 is 11.3 Å². The van der Waals surface area contributed by atoms with E-state index in [1.54, 1.807) is 29.9 Å². The molecule has 0 atom stereocenters. The fourth-order valence-electron chi connectivity index (χ4n) is 2.40. The molecule has 5 heteroatoms. The topological polar surface area (TPSA) is 43.1 Å². The number of nitrogens with zero attached hydrogens (tertiary/aromatic N) is 4. The number of fused-ring (bicyclic) bond motifs is 1. The SMILES string of the molecule is Cc1csc(-c2nn3cccnc3c2-c2ccncc2)c1. The highest BCUT2D eigenvalue weighted by Gasteiger charge is 2.18. The van der Waals surface area contributed by atoms with Crippen LogP contribution in [0.1, 0.15) is 5.56 Å². The van der Waals surface area contributed by atoms with Gasteiger partial charge in [-0.1, -0.05) is 0 Å². The molecule has 0 unspecified atom stereocenters. The number of aromatic nitrogens is 4. The van der Waals surface area contributed by atoms with Crippen molar-refractivity contribution in [2.24, 2.45) is 0 Å². The lowest BCUT2D eigenvalue weighted by Gasteiger charge is -2.00. The molecule has 0 aliphatic rings. The van der Waals surface area contributed by atoms with Crippen molar-refractivity contribution >= 4 is 17.0 Å². The van der Waals surface area contributed by atoms with Gasteiger partial charge in [-0.05, 0) is 47.7 Å². The summed E-state index contributed by atoms with van der Waals surface area (Å²) in [6, 6.07) is 8.04. The average Bonchev–Trinajstić information content (AvgIpc) is 3.11. The van der Waals surface area contributed by atoms with Gasteiger partial charge in [0.05, 0.1) is 10.4 Å². The third-order valence-electron chi connectivity index (χ3n) is 3.33. The number of aryl methyl sites for hydroxylation is 1. The first-order chi connectivity index (χ1) is 10.3. The van der Waals surface area contributed by atoms with Gasteiger partial charge in [-0.2, -0.15) is 5.10 Å². The van der Waals surface area contributed by atoms with Gasteiger partial charge in [0.25, 0.3) is 0 Å². The van der Waals surface area contributed by atoms with Crippen LogP contribution in [0.2, 0.25) is 0 Å². The van der Waals surface area contributed by atoms with Crippen LogP contribution in [-0.4, -0.2) is 19.6 Å².